The van der Waals surface area contributed by atoms with Gasteiger partial charge in [0.05, 0.1) is 12.2 Å². The van der Waals surface area contributed by atoms with Gasteiger partial charge in [-0.25, -0.2) is 9.97 Å². The Morgan fingerprint density at radius 1 is 1.22 bits per heavy atom. The Hall–Kier alpha value is -2.50. The molecule has 6 heteroatoms. The van der Waals surface area contributed by atoms with Gasteiger partial charge in [-0.15, -0.1) is 0 Å². The first kappa shape index (κ1) is 10.6. The van der Waals surface area contributed by atoms with Crippen molar-refractivity contribution in [2.24, 2.45) is 0 Å². The lowest BCUT2D eigenvalue weighted by Crippen LogP contribution is -2.07. The van der Waals surface area contributed by atoms with E-state index in [2.05, 4.69) is 30.5 Å². The van der Waals surface area contributed by atoms with Crippen LogP contribution in [0.5, 0.6) is 0 Å². The third-order valence-corrected chi connectivity index (χ3v) is 2.72. The molecule has 0 saturated heterocycles. The van der Waals surface area contributed by atoms with Crippen LogP contribution >= 0.6 is 0 Å². The standard InChI is InChI=1S/C12H12N6/c1-8(9-6-15-16-7-9)17-11-3-2-10-12(18-11)14-5-4-13-10/h2-8H,1H3,(H,15,16)(H,14,17,18). The van der Waals surface area contributed by atoms with Crippen molar-refractivity contribution >= 4 is 17.0 Å². The highest BCUT2D eigenvalue weighted by molar-refractivity contribution is 5.71. The zero-order valence-corrected chi connectivity index (χ0v) is 9.83. The van der Waals surface area contributed by atoms with Crippen molar-refractivity contribution in [1.82, 2.24) is 25.1 Å². The summed E-state index contributed by atoms with van der Waals surface area (Å²) < 4.78 is 0. The van der Waals surface area contributed by atoms with E-state index in [1.165, 1.54) is 0 Å². The van der Waals surface area contributed by atoms with Crippen molar-refractivity contribution in [2.75, 3.05) is 5.32 Å². The van der Waals surface area contributed by atoms with E-state index in [9.17, 15) is 0 Å². The van der Waals surface area contributed by atoms with E-state index in [1.807, 2.05) is 25.3 Å². The second-order valence-electron chi connectivity index (χ2n) is 3.99. The van der Waals surface area contributed by atoms with E-state index in [-0.39, 0.29) is 6.04 Å². The summed E-state index contributed by atoms with van der Waals surface area (Å²) in [4.78, 5) is 12.8. The molecule has 6 nitrogen and oxygen atoms in total. The number of H-pyrrole nitrogens is 1. The van der Waals surface area contributed by atoms with Gasteiger partial charge in [0, 0.05) is 24.2 Å². The molecule has 1 unspecified atom stereocenters. The minimum absolute atomic E-state index is 0.130. The molecule has 1 atom stereocenters. The fourth-order valence-corrected chi connectivity index (χ4v) is 1.74. The third kappa shape index (κ3) is 2.00. The van der Waals surface area contributed by atoms with Crippen LogP contribution in [0, 0.1) is 0 Å². The molecule has 3 rings (SSSR count). The molecule has 90 valence electrons. The number of pyridine rings is 1. The summed E-state index contributed by atoms with van der Waals surface area (Å²) in [6.07, 6.45) is 6.95. The van der Waals surface area contributed by atoms with Crippen LogP contribution in [0.2, 0.25) is 0 Å². The SMILES string of the molecule is CC(Nc1ccc2nccnc2n1)c1cn[nH]c1. The molecular formula is C12H12N6. The molecule has 2 N–H and O–H groups in total. The van der Waals surface area contributed by atoms with Gasteiger partial charge in [-0.2, -0.15) is 5.10 Å². The summed E-state index contributed by atoms with van der Waals surface area (Å²) >= 11 is 0. The molecule has 18 heavy (non-hydrogen) atoms. The van der Waals surface area contributed by atoms with E-state index in [4.69, 9.17) is 0 Å². The summed E-state index contributed by atoms with van der Waals surface area (Å²) in [5.74, 6) is 0.775. The van der Waals surface area contributed by atoms with Crippen LogP contribution in [-0.4, -0.2) is 25.1 Å². The van der Waals surface area contributed by atoms with Crippen LogP contribution < -0.4 is 5.32 Å². The summed E-state index contributed by atoms with van der Waals surface area (Å²) in [6.45, 7) is 2.05. The third-order valence-electron chi connectivity index (χ3n) is 2.72. The summed E-state index contributed by atoms with van der Waals surface area (Å²) in [5, 5.41) is 10.0. The Labute approximate surface area is 104 Å². The zero-order valence-electron chi connectivity index (χ0n) is 9.83. The Bertz CT molecular complexity index is 648. The number of aromatic amines is 1. The van der Waals surface area contributed by atoms with Crippen molar-refractivity contribution < 1.29 is 0 Å². The van der Waals surface area contributed by atoms with Gasteiger partial charge in [0.15, 0.2) is 5.65 Å². The monoisotopic (exact) mass is 240 g/mol. The van der Waals surface area contributed by atoms with Gasteiger partial charge in [0.25, 0.3) is 0 Å². The van der Waals surface area contributed by atoms with Crippen LogP contribution in [0.4, 0.5) is 5.82 Å². The quantitative estimate of drug-likeness (QED) is 0.731. The minimum atomic E-state index is 0.130. The van der Waals surface area contributed by atoms with Gasteiger partial charge in [-0.05, 0) is 19.1 Å². The smallest absolute Gasteiger partial charge is 0.180 e. The van der Waals surface area contributed by atoms with E-state index >= 15 is 0 Å². The molecule has 0 fully saturated rings. The average Bonchev–Trinajstić information content (AvgIpc) is 2.92. The maximum absolute atomic E-state index is 4.41. The number of nitrogens with zero attached hydrogens (tertiary/aromatic N) is 4. The van der Waals surface area contributed by atoms with Crippen LogP contribution in [0.15, 0.2) is 36.9 Å². The van der Waals surface area contributed by atoms with Gasteiger partial charge in [-0.3, -0.25) is 10.1 Å². The molecule has 0 aliphatic heterocycles. The Morgan fingerprint density at radius 3 is 2.94 bits per heavy atom. The van der Waals surface area contributed by atoms with E-state index in [1.54, 1.807) is 18.6 Å². The van der Waals surface area contributed by atoms with Gasteiger partial charge in [0.1, 0.15) is 11.3 Å². The topological polar surface area (TPSA) is 79.4 Å². The second-order valence-corrected chi connectivity index (χ2v) is 3.99. The molecule has 0 aromatic carbocycles. The maximum Gasteiger partial charge on any atom is 0.180 e. The van der Waals surface area contributed by atoms with Crippen molar-refractivity contribution in [1.29, 1.82) is 0 Å². The molecule has 3 heterocycles. The fraction of sp³-hybridized carbons (Fsp3) is 0.167. The average molecular weight is 240 g/mol. The number of rotatable bonds is 3. The van der Waals surface area contributed by atoms with Crippen LogP contribution in [0.3, 0.4) is 0 Å². The summed E-state index contributed by atoms with van der Waals surface area (Å²) in [5.41, 5.74) is 2.51. The van der Waals surface area contributed by atoms with Crippen molar-refractivity contribution in [3.05, 3.63) is 42.5 Å². The lowest BCUT2D eigenvalue weighted by Gasteiger charge is -2.12. The molecule has 0 bridgehead atoms. The van der Waals surface area contributed by atoms with Gasteiger partial charge >= 0.3 is 0 Å². The van der Waals surface area contributed by atoms with Crippen molar-refractivity contribution in [3.63, 3.8) is 0 Å². The fourth-order valence-electron chi connectivity index (χ4n) is 1.74. The van der Waals surface area contributed by atoms with Crippen LogP contribution in [0.1, 0.15) is 18.5 Å². The van der Waals surface area contributed by atoms with Gasteiger partial charge < -0.3 is 5.32 Å². The highest BCUT2D eigenvalue weighted by atomic mass is 15.1. The Balaban J connectivity index is 1.86. The number of anilines is 1. The van der Waals surface area contributed by atoms with E-state index in [0.29, 0.717) is 5.65 Å². The predicted octanol–water partition coefficient (Wildman–Crippen LogP) is 1.92. The first-order valence-electron chi connectivity index (χ1n) is 5.66. The maximum atomic E-state index is 4.41. The highest BCUT2D eigenvalue weighted by Crippen LogP contribution is 2.17. The number of fused-ring (bicyclic) bond motifs is 1. The van der Waals surface area contributed by atoms with Crippen LogP contribution in [-0.2, 0) is 0 Å². The van der Waals surface area contributed by atoms with E-state index in [0.717, 1.165) is 16.9 Å². The lowest BCUT2D eigenvalue weighted by atomic mass is 10.2. The lowest BCUT2D eigenvalue weighted by molar-refractivity contribution is 0.877. The molecule has 3 aromatic rings. The molecule has 0 aliphatic rings. The summed E-state index contributed by atoms with van der Waals surface area (Å²) in [7, 11) is 0. The first-order valence-corrected chi connectivity index (χ1v) is 5.66. The van der Waals surface area contributed by atoms with Crippen molar-refractivity contribution in [2.45, 2.75) is 13.0 Å². The first-order chi connectivity index (χ1) is 8.83. The molecule has 0 spiro atoms. The molecule has 0 radical (unpaired) electrons. The molecule has 0 aliphatic carbocycles. The normalized spacial score (nSPS) is 12.5. The van der Waals surface area contributed by atoms with Crippen molar-refractivity contribution in [3.8, 4) is 0 Å². The second kappa shape index (κ2) is 4.40. The largest absolute Gasteiger partial charge is 0.363 e. The van der Waals surface area contributed by atoms with Gasteiger partial charge in [0.2, 0.25) is 0 Å². The predicted molar refractivity (Wildman–Crippen MR) is 68.0 cm³/mol. The number of hydrogen-bond donors (Lipinski definition) is 2. The Kier molecular flexibility index (Phi) is 2.60. The molecule has 0 amide bonds. The molecular weight excluding hydrogens is 228 g/mol. The number of aromatic nitrogens is 5. The Morgan fingerprint density at radius 2 is 2.11 bits per heavy atom. The number of hydrogen-bond acceptors (Lipinski definition) is 5. The molecule has 0 saturated carbocycles. The highest BCUT2D eigenvalue weighted by Gasteiger charge is 2.07. The number of nitrogens with one attached hydrogen (secondary N) is 2. The summed E-state index contributed by atoms with van der Waals surface area (Å²) in [6, 6.07) is 3.93. The van der Waals surface area contributed by atoms with Gasteiger partial charge in [-0.1, -0.05) is 0 Å². The molecule has 3 aromatic heterocycles. The zero-order chi connectivity index (χ0) is 12.4. The minimum Gasteiger partial charge on any atom is -0.363 e. The van der Waals surface area contributed by atoms with Crippen LogP contribution in [0.25, 0.3) is 11.2 Å². The van der Waals surface area contributed by atoms with E-state index < -0.39 is 0 Å².